The number of carbonyl (C=O) groups excluding carboxylic acids is 1. The monoisotopic (exact) mass is 219 g/mol. The van der Waals surface area contributed by atoms with E-state index < -0.39 is 5.97 Å². The van der Waals surface area contributed by atoms with Crippen molar-refractivity contribution in [3.63, 3.8) is 0 Å². The van der Waals surface area contributed by atoms with Crippen LogP contribution in [0.3, 0.4) is 0 Å². The highest BCUT2D eigenvalue weighted by molar-refractivity contribution is 6.03. The third-order valence-corrected chi connectivity index (χ3v) is 2.29. The molecule has 84 valence electrons. The highest BCUT2D eigenvalue weighted by Gasteiger charge is 2.14. The summed E-state index contributed by atoms with van der Waals surface area (Å²) < 4.78 is 5.01. The van der Waals surface area contributed by atoms with Gasteiger partial charge >= 0.3 is 5.97 Å². The SMILES string of the molecule is CCCOC(=O)c1cnc2[nH]ccc2c1N. The lowest BCUT2D eigenvalue weighted by atomic mass is 10.2. The van der Waals surface area contributed by atoms with Gasteiger partial charge in [-0.1, -0.05) is 6.92 Å². The van der Waals surface area contributed by atoms with E-state index in [1.54, 1.807) is 12.3 Å². The first-order chi connectivity index (χ1) is 7.74. The molecule has 0 amide bonds. The van der Waals surface area contributed by atoms with Crippen LogP contribution in [0.1, 0.15) is 23.7 Å². The number of hydrogen-bond acceptors (Lipinski definition) is 4. The van der Waals surface area contributed by atoms with Gasteiger partial charge in [-0.25, -0.2) is 9.78 Å². The fourth-order valence-corrected chi connectivity index (χ4v) is 1.46. The van der Waals surface area contributed by atoms with Crippen LogP contribution in [0.25, 0.3) is 11.0 Å². The molecule has 5 heteroatoms. The summed E-state index contributed by atoms with van der Waals surface area (Å²) in [6, 6.07) is 1.79. The number of aromatic nitrogens is 2. The number of aromatic amines is 1. The zero-order chi connectivity index (χ0) is 11.5. The second-order valence-electron chi connectivity index (χ2n) is 3.46. The molecule has 2 aromatic heterocycles. The van der Waals surface area contributed by atoms with Gasteiger partial charge in [0, 0.05) is 17.8 Å². The summed E-state index contributed by atoms with van der Waals surface area (Å²) in [6.07, 6.45) is 3.95. The summed E-state index contributed by atoms with van der Waals surface area (Å²) in [5, 5.41) is 0.742. The number of hydrogen-bond donors (Lipinski definition) is 2. The minimum atomic E-state index is -0.421. The van der Waals surface area contributed by atoms with Crippen molar-refractivity contribution < 1.29 is 9.53 Å². The number of ether oxygens (including phenoxy) is 1. The Morgan fingerprint density at radius 3 is 3.19 bits per heavy atom. The van der Waals surface area contributed by atoms with Gasteiger partial charge in [0.15, 0.2) is 0 Å². The number of nitrogens with zero attached hydrogens (tertiary/aromatic N) is 1. The number of anilines is 1. The zero-order valence-corrected chi connectivity index (χ0v) is 8.99. The van der Waals surface area contributed by atoms with Gasteiger partial charge in [-0.2, -0.15) is 0 Å². The van der Waals surface area contributed by atoms with Gasteiger partial charge in [0.25, 0.3) is 0 Å². The Morgan fingerprint density at radius 2 is 2.44 bits per heavy atom. The lowest BCUT2D eigenvalue weighted by molar-refractivity contribution is 0.0506. The minimum Gasteiger partial charge on any atom is -0.462 e. The molecule has 0 spiro atoms. The van der Waals surface area contributed by atoms with Crippen molar-refractivity contribution in [1.82, 2.24) is 9.97 Å². The third-order valence-electron chi connectivity index (χ3n) is 2.29. The molecule has 0 radical (unpaired) electrons. The number of H-pyrrole nitrogens is 1. The molecular weight excluding hydrogens is 206 g/mol. The van der Waals surface area contributed by atoms with E-state index >= 15 is 0 Å². The third kappa shape index (κ3) is 1.71. The molecule has 16 heavy (non-hydrogen) atoms. The van der Waals surface area contributed by atoms with Crippen molar-refractivity contribution in [3.05, 3.63) is 24.0 Å². The second-order valence-corrected chi connectivity index (χ2v) is 3.46. The normalized spacial score (nSPS) is 10.6. The van der Waals surface area contributed by atoms with E-state index in [4.69, 9.17) is 10.5 Å². The second kappa shape index (κ2) is 4.22. The Labute approximate surface area is 92.6 Å². The zero-order valence-electron chi connectivity index (χ0n) is 8.99. The largest absolute Gasteiger partial charge is 0.462 e. The maximum absolute atomic E-state index is 11.6. The van der Waals surface area contributed by atoms with Crippen molar-refractivity contribution in [3.8, 4) is 0 Å². The minimum absolute atomic E-state index is 0.320. The highest BCUT2D eigenvalue weighted by Crippen LogP contribution is 2.22. The number of pyridine rings is 1. The molecular formula is C11H13N3O2. The van der Waals surface area contributed by atoms with Gasteiger partial charge < -0.3 is 15.5 Å². The van der Waals surface area contributed by atoms with E-state index in [0.29, 0.717) is 23.5 Å². The van der Waals surface area contributed by atoms with E-state index in [1.807, 2.05) is 6.92 Å². The summed E-state index contributed by atoms with van der Waals surface area (Å²) in [5.41, 5.74) is 7.28. The molecule has 5 nitrogen and oxygen atoms in total. The van der Waals surface area contributed by atoms with Crippen molar-refractivity contribution in [2.24, 2.45) is 0 Å². The summed E-state index contributed by atoms with van der Waals surface area (Å²) in [6.45, 7) is 2.33. The quantitative estimate of drug-likeness (QED) is 0.770. The molecule has 0 aliphatic carbocycles. The lowest BCUT2D eigenvalue weighted by Gasteiger charge is -2.06. The molecule has 2 aromatic rings. The Balaban J connectivity index is 2.37. The van der Waals surface area contributed by atoms with Crippen molar-refractivity contribution in [2.45, 2.75) is 13.3 Å². The van der Waals surface area contributed by atoms with Crippen LogP contribution in [-0.2, 0) is 4.74 Å². The number of rotatable bonds is 3. The molecule has 3 N–H and O–H groups in total. The molecule has 0 unspecified atom stereocenters. The summed E-state index contributed by atoms with van der Waals surface area (Å²) in [4.78, 5) is 18.7. The van der Waals surface area contributed by atoms with Crippen molar-refractivity contribution in [1.29, 1.82) is 0 Å². The van der Waals surface area contributed by atoms with Gasteiger partial charge in [-0.05, 0) is 12.5 Å². The Morgan fingerprint density at radius 1 is 1.62 bits per heavy atom. The van der Waals surface area contributed by atoms with E-state index in [1.165, 1.54) is 6.20 Å². The summed E-state index contributed by atoms with van der Waals surface area (Å²) in [7, 11) is 0. The molecule has 2 rings (SSSR count). The molecule has 0 bridgehead atoms. The van der Waals surface area contributed by atoms with E-state index in [-0.39, 0.29) is 0 Å². The summed E-state index contributed by atoms with van der Waals surface area (Å²) in [5.74, 6) is -0.421. The topological polar surface area (TPSA) is 81.0 Å². The van der Waals surface area contributed by atoms with E-state index in [2.05, 4.69) is 9.97 Å². The number of nitrogens with two attached hydrogens (primary N) is 1. The number of nitrogens with one attached hydrogen (secondary N) is 1. The first kappa shape index (κ1) is 10.5. The average molecular weight is 219 g/mol. The van der Waals surface area contributed by atoms with Crippen LogP contribution >= 0.6 is 0 Å². The maximum atomic E-state index is 11.6. The molecule has 0 aliphatic rings. The van der Waals surface area contributed by atoms with Gasteiger partial charge in [-0.3, -0.25) is 0 Å². The number of carbonyl (C=O) groups is 1. The average Bonchev–Trinajstić information content (AvgIpc) is 2.75. The van der Waals surface area contributed by atoms with Gasteiger partial charge in [0.1, 0.15) is 11.2 Å². The van der Waals surface area contributed by atoms with Crippen molar-refractivity contribution >= 4 is 22.7 Å². The van der Waals surface area contributed by atoms with Crippen LogP contribution in [-0.4, -0.2) is 22.5 Å². The molecule has 0 aliphatic heterocycles. The first-order valence-corrected chi connectivity index (χ1v) is 5.12. The molecule has 0 aromatic carbocycles. The maximum Gasteiger partial charge on any atom is 0.341 e. The number of fused-ring (bicyclic) bond motifs is 1. The van der Waals surface area contributed by atoms with Crippen LogP contribution in [0.4, 0.5) is 5.69 Å². The first-order valence-electron chi connectivity index (χ1n) is 5.12. The Bertz CT molecular complexity index is 519. The van der Waals surface area contributed by atoms with E-state index in [0.717, 1.165) is 11.8 Å². The van der Waals surface area contributed by atoms with Crippen LogP contribution in [0.2, 0.25) is 0 Å². The van der Waals surface area contributed by atoms with Crippen LogP contribution < -0.4 is 5.73 Å². The standard InChI is InChI=1S/C11H13N3O2/c1-2-5-16-11(15)8-6-14-10-7(9(8)12)3-4-13-10/h3-4,6H,2,5H2,1H3,(H3,12,13,14). The van der Waals surface area contributed by atoms with Gasteiger partial charge in [0.2, 0.25) is 0 Å². The predicted molar refractivity (Wildman–Crippen MR) is 61.1 cm³/mol. The Kier molecular flexibility index (Phi) is 2.76. The predicted octanol–water partition coefficient (Wildman–Crippen LogP) is 1.71. The van der Waals surface area contributed by atoms with Gasteiger partial charge in [-0.15, -0.1) is 0 Å². The highest BCUT2D eigenvalue weighted by atomic mass is 16.5. The van der Waals surface area contributed by atoms with Crippen LogP contribution in [0.15, 0.2) is 18.5 Å². The van der Waals surface area contributed by atoms with Crippen LogP contribution in [0.5, 0.6) is 0 Å². The van der Waals surface area contributed by atoms with Gasteiger partial charge in [0.05, 0.1) is 12.3 Å². The molecule has 0 saturated carbocycles. The lowest BCUT2D eigenvalue weighted by Crippen LogP contribution is -2.09. The smallest absolute Gasteiger partial charge is 0.341 e. The Hall–Kier alpha value is -2.04. The number of esters is 1. The fraction of sp³-hybridized carbons (Fsp3) is 0.273. The van der Waals surface area contributed by atoms with Crippen molar-refractivity contribution in [2.75, 3.05) is 12.3 Å². The van der Waals surface area contributed by atoms with E-state index in [9.17, 15) is 4.79 Å². The molecule has 0 fully saturated rings. The van der Waals surface area contributed by atoms with Crippen LogP contribution in [0, 0.1) is 0 Å². The molecule has 0 saturated heterocycles. The summed E-state index contributed by atoms with van der Waals surface area (Å²) >= 11 is 0. The number of nitrogen functional groups attached to an aromatic ring is 1. The molecule has 0 atom stereocenters. The molecule has 2 heterocycles. The fourth-order valence-electron chi connectivity index (χ4n) is 1.46.